The van der Waals surface area contributed by atoms with Crippen LogP contribution in [0.3, 0.4) is 0 Å². The first kappa shape index (κ1) is 33.9. The number of nitrogens with one attached hydrogen (secondary N) is 1. The van der Waals surface area contributed by atoms with E-state index in [-0.39, 0.29) is 42.9 Å². The van der Waals surface area contributed by atoms with Crippen LogP contribution < -0.4 is 15.8 Å². The molecule has 0 spiro atoms. The lowest BCUT2D eigenvalue weighted by molar-refractivity contribution is -0.139. The third-order valence-electron chi connectivity index (χ3n) is 10.0. The zero-order valence-electron chi connectivity index (χ0n) is 28.5. The van der Waals surface area contributed by atoms with Crippen LogP contribution in [0.1, 0.15) is 40.7 Å². The molecule has 1 unspecified atom stereocenters. The monoisotopic (exact) mass is 683 g/mol. The van der Waals surface area contributed by atoms with Crippen molar-refractivity contribution < 1.29 is 23.9 Å². The Morgan fingerprint density at radius 1 is 0.882 bits per heavy atom. The number of benzene rings is 4. The maximum absolute atomic E-state index is 14.5. The SMILES string of the molecule is CN1CCC[C@H](NC(=O)Cc2ccc3ccccc3c2)C(=O)N2C[C@@H](C(=O)Cc3ccc4cccnc4c3)C[C@H]2C(N)Oc2cccc(c2)C1=O. The highest BCUT2D eigenvalue weighted by Gasteiger charge is 2.44. The minimum absolute atomic E-state index is 0.0122. The topological polar surface area (TPSA) is 135 Å². The summed E-state index contributed by atoms with van der Waals surface area (Å²) in [6, 6.07) is 28.8. The van der Waals surface area contributed by atoms with Gasteiger partial charge in [0, 0.05) is 49.6 Å². The molecule has 3 heterocycles. The van der Waals surface area contributed by atoms with Gasteiger partial charge in [-0.3, -0.25) is 29.9 Å². The normalized spacial score (nSPS) is 21.2. The molecule has 0 aliphatic carbocycles. The molecule has 3 amide bonds. The van der Waals surface area contributed by atoms with E-state index in [0.717, 1.165) is 32.8 Å². The summed E-state index contributed by atoms with van der Waals surface area (Å²) in [5.74, 6) is -0.913. The number of ketones is 1. The first-order chi connectivity index (χ1) is 24.7. The van der Waals surface area contributed by atoms with Gasteiger partial charge in [-0.25, -0.2) is 0 Å². The Kier molecular flexibility index (Phi) is 9.76. The van der Waals surface area contributed by atoms with E-state index in [1.165, 1.54) is 0 Å². The van der Waals surface area contributed by atoms with E-state index < -0.39 is 24.2 Å². The number of hydrogen-bond donors (Lipinski definition) is 2. The molecule has 4 aromatic carbocycles. The standard InChI is InChI=1S/C41H41N5O5/c1-45-18-6-12-34(44-38(48)22-26-13-15-28-7-2-3-8-30(28)19-26)41(50)46-25-32(37(47)21-27-14-16-29-10-5-17-43-35(29)20-27)24-36(46)39(42)51-33-11-4-9-31(23-33)40(45)49/h2-5,7-11,13-17,19-20,23,32,34,36,39H,6,12,18,21-22,24-25,42H2,1H3,(H,44,48)/t32-,34-,36-,39?/m0/s1. The van der Waals surface area contributed by atoms with Crippen LogP contribution in [0.2, 0.25) is 0 Å². The predicted molar refractivity (Wildman–Crippen MR) is 195 cm³/mol. The summed E-state index contributed by atoms with van der Waals surface area (Å²) in [5, 5.41) is 6.09. The van der Waals surface area contributed by atoms with Gasteiger partial charge in [-0.2, -0.15) is 0 Å². The Morgan fingerprint density at radius 3 is 2.49 bits per heavy atom. The second-order valence-corrected chi connectivity index (χ2v) is 13.6. The van der Waals surface area contributed by atoms with Gasteiger partial charge in [0.1, 0.15) is 17.6 Å². The number of carbonyl (C=O) groups is 4. The molecule has 5 aromatic rings. The summed E-state index contributed by atoms with van der Waals surface area (Å²) >= 11 is 0. The molecular formula is C41H41N5O5. The third kappa shape index (κ3) is 7.61. The van der Waals surface area contributed by atoms with Gasteiger partial charge in [0.15, 0.2) is 6.23 Å². The van der Waals surface area contributed by atoms with Crippen LogP contribution in [-0.4, -0.2) is 76.7 Å². The lowest BCUT2D eigenvalue weighted by atomic mass is 9.94. The number of aromatic nitrogens is 1. The third-order valence-corrected chi connectivity index (χ3v) is 10.0. The van der Waals surface area contributed by atoms with E-state index in [4.69, 9.17) is 10.5 Å². The van der Waals surface area contributed by atoms with Crippen LogP contribution in [-0.2, 0) is 27.2 Å². The first-order valence-electron chi connectivity index (χ1n) is 17.4. The number of fused-ring (bicyclic) bond motifs is 5. The fraction of sp³-hybridized carbons (Fsp3) is 0.293. The largest absolute Gasteiger partial charge is 0.473 e. The van der Waals surface area contributed by atoms with Crippen LogP contribution in [0.25, 0.3) is 21.7 Å². The molecule has 10 heteroatoms. The van der Waals surface area contributed by atoms with Gasteiger partial charge in [0.25, 0.3) is 5.91 Å². The van der Waals surface area contributed by atoms with E-state index in [1.807, 2.05) is 72.8 Å². The summed E-state index contributed by atoms with van der Waals surface area (Å²) < 4.78 is 6.18. The molecule has 2 aliphatic rings. The van der Waals surface area contributed by atoms with Gasteiger partial charge in [-0.1, -0.05) is 66.7 Å². The molecule has 10 nitrogen and oxygen atoms in total. The number of nitrogens with two attached hydrogens (primary N) is 1. The number of nitrogens with zero attached hydrogens (tertiary/aromatic N) is 3. The molecule has 3 N–H and O–H groups in total. The van der Waals surface area contributed by atoms with Crippen molar-refractivity contribution in [2.24, 2.45) is 11.7 Å². The average molecular weight is 684 g/mol. The molecule has 0 radical (unpaired) electrons. The summed E-state index contributed by atoms with van der Waals surface area (Å²) in [5.41, 5.74) is 9.63. The molecule has 51 heavy (non-hydrogen) atoms. The van der Waals surface area contributed by atoms with Crippen molar-refractivity contribution in [3.63, 3.8) is 0 Å². The minimum Gasteiger partial charge on any atom is -0.473 e. The number of hydrogen-bond acceptors (Lipinski definition) is 7. The van der Waals surface area contributed by atoms with Crippen molar-refractivity contribution in [3.8, 4) is 5.75 Å². The maximum Gasteiger partial charge on any atom is 0.253 e. The quantitative estimate of drug-likeness (QED) is 0.266. The highest BCUT2D eigenvalue weighted by Crippen LogP contribution is 2.30. The number of rotatable bonds is 6. The average Bonchev–Trinajstić information content (AvgIpc) is 3.60. The van der Waals surface area contributed by atoms with Gasteiger partial charge in [0.05, 0.1) is 18.0 Å². The van der Waals surface area contributed by atoms with Crippen LogP contribution >= 0.6 is 0 Å². The summed E-state index contributed by atoms with van der Waals surface area (Å²) in [7, 11) is 1.71. The molecule has 0 saturated carbocycles. The van der Waals surface area contributed by atoms with Crippen molar-refractivity contribution in [2.75, 3.05) is 20.1 Å². The summed E-state index contributed by atoms with van der Waals surface area (Å²) in [6.07, 6.45) is 2.07. The fourth-order valence-electron chi connectivity index (χ4n) is 7.26. The fourth-order valence-corrected chi connectivity index (χ4v) is 7.26. The molecule has 7 rings (SSSR count). The Balaban J connectivity index is 1.15. The van der Waals surface area contributed by atoms with Gasteiger partial charge in [0.2, 0.25) is 11.8 Å². The van der Waals surface area contributed by atoms with Crippen LogP contribution in [0.4, 0.5) is 0 Å². The van der Waals surface area contributed by atoms with Crippen molar-refractivity contribution in [1.29, 1.82) is 0 Å². The molecule has 260 valence electrons. The highest BCUT2D eigenvalue weighted by atomic mass is 16.5. The van der Waals surface area contributed by atoms with Crippen LogP contribution in [0.15, 0.2) is 103 Å². The zero-order valence-corrected chi connectivity index (χ0v) is 28.5. The predicted octanol–water partition coefficient (Wildman–Crippen LogP) is 4.67. The number of pyridine rings is 1. The molecule has 4 atom stereocenters. The molecule has 2 aliphatic heterocycles. The molecule has 2 bridgehead atoms. The minimum atomic E-state index is -0.989. The smallest absolute Gasteiger partial charge is 0.253 e. The van der Waals surface area contributed by atoms with E-state index >= 15 is 0 Å². The van der Waals surface area contributed by atoms with Crippen molar-refractivity contribution in [3.05, 3.63) is 120 Å². The van der Waals surface area contributed by atoms with Crippen molar-refractivity contribution >= 4 is 45.2 Å². The second kappa shape index (κ2) is 14.7. The Labute approximate surface area is 296 Å². The van der Waals surface area contributed by atoms with Gasteiger partial charge >= 0.3 is 0 Å². The highest BCUT2D eigenvalue weighted by molar-refractivity contribution is 5.95. The number of Topliss-reactive ketones (excluding diaryl/α,β-unsaturated/α-hetero) is 1. The molecule has 1 fully saturated rings. The lowest BCUT2D eigenvalue weighted by Crippen LogP contribution is -2.55. The Morgan fingerprint density at radius 2 is 1.65 bits per heavy atom. The Hall–Kier alpha value is -5.61. The molecule has 1 saturated heterocycles. The van der Waals surface area contributed by atoms with Gasteiger partial charge < -0.3 is 19.9 Å². The van der Waals surface area contributed by atoms with E-state index in [9.17, 15) is 19.2 Å². The van der Waals surface area contributed by atoms with Crippen LogP contribution in [0.5, 0.6) is 5.75 Å². The van der Waals surface area contributed by atoms with E-state index in [2.05, 4.69) is 10.3 Å². The molecule has 1 aromatic heterocycles. The maximum atomic E-state index is 14.5. The number of carbonyl (C=O) groups excluding carboxylic acids is 4. The molecular weight excluding hydrogens is 642 g/mol. The number of amides is 3. The second-order valence-electron chi connectivity index (χ2n) is 13.6. The Bertz CT molecular complexity index is 2120. The van der Waals surface area contributed by atoms with E-state index in [1.54, 1.807) is 47.3 Å². The van der Waals surface area contributed by atoms with Gasteiger partial charge in [-0.15, -0.1) is 0 Å². The van der Waals surface area contributed by atoms with Crippen molar-refractivity contribution in [1.82, 2.24) is 20.1 Å². The lowest BCUT2D eigenvalue weighted by Gasteiger charge is -2.33. The van der Waals surface area contributed by atoms with Crippen molar-refractivity contribution in [2.45, 2.75) is 50.4 Å². The van der Waals surface area contributed by atoms with Gasteiger partial charge in [-0.05, 0) is 71.5 Å². The van der Waals surface area contributed by atoms with E-state index in [0.29, 0.717) is 37.1 Å². The van der Waals surface area contributed by atoms with Crippen LogP contribution in [0, 0.1) is 5.92 Å². The zero-order chi connectivity index (χ0) is 35.5. The summed E-state index contributed by atoms with van der Waals surface area (Å²) in [4.78, 5) is 62.8. The summed E-state index contributed by atoms with van der Waals surface area (Å²) in [6.45, 7) is 0.527. The number of ether oxygens (including phenoxy) is 1. The first-order valence-corrected chi connectivity index (χ1v) is 17.4.